The molecule has 2 bridgehead atoms. The van der Waals surface area contributed by atoms with Gasteiger partial charge in [-0.1, -0.05) is 20.8 Å². The number of benzene rings is 1. The van der Waals surface area contributed by atoms with E-state index in [1.807, 2.05) is 0 Å². The van der Waals surface area contributed by atoms with Gasteiger partial charge in [-0.15, -0.1) is 0 Å². The Hall–Kier alpha value is -1.91. The summed E-state index contributed by atoms with van der Waals surface area (Å²) in [6.45, 7) is 6.74. The summed E-state index contributed by atoms with van der Waals surface area (Å²) in [5.74, 6) is 0.529. The summed E-state index contributed by atoms with van der Waals surface area (Å²) >= 11 is 0. The van der Waals surface area contributed by atoms with Crippen molar-refractivity contribution >= 4 is 11.6 Å². The molecule has 0 aliphatic heterocycles. The number of carbonyl (C=O) groups excluding carboxylic acids is 1. The SMILES string of the molecule is CC12CCC(C1)C(C)(C)C2NC(=O)c1ccc([N+](=O)[O-])cc1. The molecule has 0 spiro atoms. The summed E-state index contributed by atoms with van der Waals surface area (Å²) < 4.78 is 0. The van der Waals surface area contributed by atoms with E-state index in [1.165, 1.54) is 37.1 Å². The number of carbonyl (C=O) groups is 1. The van der Waals surface area contributed by atoms with Crippen LogP contribution in [0.4, 0.5) is 5.69 Å². The van der Waals surface area contributed by atoms with Crippen molar-refractivity contribution in [1.82, 2.24) is 5.32 Å². The van der Waals surface area contributed by atoms with E-state index in [1.54, 1.807) is 0 Å². The lowest BCUT2D eigenvalue weighted by Gasteiger charge is -2.43. The van der Waals surface area contributed by atoms with Gasteiger partial charge in [0, 0.05) is 23.7 Å². The van der Waals surface area contributed by atoms with Crippen LogP contribution in [0.2, 0.25) is 0 Å². The minimum atomic E-state index is -0.457. The zero-order chi connectivity index (χ0) is 16.1. The lowest BCUT2D eigenvalue weighted by molar-refractivity contribution is -0.384. The summed E-state index contributed by atoms with van der Waals surface area (Å²) in [6, 6.07) is 5.96. The molecule has 0 aromatic heterocycles. The maximum absolute atomic E-state index is 12.5. The topological polar surface area (TPSA) is 72.2 Å². The van der Waals surface area contributed by atoms with Crippen LogP contribution in [0.5, 0.6) is 0 Å². The van der Waals surface area contributed by atoms with Crippen LogP contribution in [0.25, 0.3) is 0 Å². The highest BCUT2D eigenvalue weighted by Crippen LogP contribution is 2.62. The third-order valence-corrected chi connectivity index (χ3v) is 5.89. The number of hydrogen-bond acceptors (Lipinski definition) is 3. The van der Waals surface area contributed by atoms with Gasteiger partial charge >= 0.3 is 0 Å². The quantitative estimate of drug-likeness (QED) is 0.685. The molecule has 5 nitrogen and oxygen atoms in total. The number of nitro benzene ring substituents is 1. The predicted molar refractivity (Wildman–Crippen MR) is 83.6 cm³/mol. The number of nitro groups is 1. The minimum Gasteiger partial charge on any atom is -0.348 e. The third-order valence-electron chi connectivity index (χ3n) is 5.89. The Morgan fingerprint density at radius 1 is 1.27 bits per heavy atom. The van der Waals surface area contributed by atoms with Crippen molar-refractivity contribution in [3.63, 3.8) is 0 Å². The first-order chi connectivity index (χ1) is 10.2. The van der Waals surface area contributed by atoms with Gasteiger partial charge in [0.15, 0.2) is 0 Å². The highest BCUT2D eigenvalue weighted by molar-refractivity contribution is 5.94. The van der Waals surface area contributed by atoms with Crippen LogP contribution in [0, 0.1) is 26.9 Å². The molecular formula is C17H22N2O3. The average Bonchev–Trinajstić information content (AvgIpc) is 2.94. The number of amides is 1. The molecule has 5 heteroatoms. The smallest absolute Gasteiger partial charge is 0.269 e. The molecule has 0 radical (unpaired) electrons. The molecule has 22 heavy (non-hydrogen) atoms. The zero-order valence-corrected chi connectivity index (χ0v) is 13.3. The number of rotatable bonds is 3. The fourth-order valence-electron chi connectivity index (χ4n) is 4.61. The van der Waals surface area contributed by atoms with E-state index in [2.05, 4.69) is 26.1 Å². The van der Waals surface area contributed by atoms with Gasteiger partial charge in [-0.2, -0.15) is 0 Å². The van der Waals surface area contributed by atoms with Crippen molar-refractivity contribution in [2.45, 2.75) is 46.1 Å². The first-order valence-corrected chi connectivity index (χ1v) is 7.79. The van der Waals surface area contributed by atoms with Gasteiger partial charge in [0.05, 0.1) is 4.92 Å². The normalized spacial score (nSPS) is 32.0. The predicted octanol–water partition coefficient (Wildman–Crippen LogP) is 3.54. The summed E-state index contributed by atoms with van der Waals surface area (Å²) in [6.07, 6.45) is 3.57. The highest BCUT2D eigenvalue weighted by Gasteiger charge is 2.59. The standard InChI is InChI=1S/C17H22N2O3/c1-16(2)12-8-9-17(3,10-12)15(16)18-14(20)11-4-6-13(7-5-11)19(21)22/h4-7,12,15H,8-10H2,1-3H3,(H,18,20). The fraction of sp³-hybridized carbons (Fsp3) is 0.588. The second-order valence-corrected chi connectivity index (χ2v) is 7.63. The van der Waals surface area contributed by atoms with E-state index in [4.69, 9.17) is 0 Å². The molecule has 3 rings (SSSR count). The first-order valence-electron chi connectivity index (χ1n) is 7.79. The summed E-state index contributed by atoms with van der Waals surface area (Å²) in [5.41, 5.74) is 0.755. The van der Waals surface area contributed by atoms with Crippen molar-refractivity contribution in [3.8, 4) is 0 Å². The van der Waals surface area contributed by atoms with Gasteiger partial charge in [-0.3, -0.25) is 14.9 Å². The zero-order valence-electron chi connectivity index (χ0n) is 13.3. The molecule has 1 aromatic carbocycles. The van der Waals surface area contributed by atoms with Gasteiger partial charge in [-0.25, -0.2) is 0 Å². The molecule has 0 saturated heterocycles. The van der Waals surface area contributed by atoms with Gasteiger partial charge < -0.3 is 5.32 Å². The van der Waals surface area contributed by atoms with E-state index in [9.17, 15) is 14.9 Å². The van der Waals surface area contributed by atoms with Gasteiger partial charge in [-0.05, 0) is 48.1 Å². The second-order valence-electron chi connectivity index (χ2n) is 7.63. The number of fused-ring (bicyclic) bond motifs is 2. The Kier molecular flexibility index (Phi) is 3.27. The molecule has 2 saturated carbocycles. The van der Waals surface area contributed by atoms with E-state index >= 15 is 0 Å². The number of hydrogen-bond donors (Lipinski definition) is 1. The molecular weight excluding hydrogens is 280 g/mol. The van der Waals surface area contributed by atoms with Crippen LogP contribution < -0.4 is 5.32 Å². The fourth-order valence-corrected chi connectivity index (χ4v) is 4.61. The van der Waals surface area contributed by atoms with Crippen LogP contribution in [0.3, 0.4) is 0 Å². The van der Waals surface area contributed by atoms with Crippen molar-refractivity contribution in [2.24, 2.45) is 16.7 Å². The largest absolute Gasteiger partial charge is 0.348 e. The van der Waals surface area contributed by atoms with Crippen molar-refractivity contribution in [2.75, 3.05) is 0 Å². The van der Waals surface area contributed by atoms with Crippen LogP contribution in [0.15, 0.2) is 24.3 Å². The number of nitrogens with zero attached hydrogens (tertiary/aromatic N) is 1. The van der Waals surface area contributed by atoms with E-state index in [0.29, 0.717) is 11.5 Å². The van der Waals surface area contributed by atoms with Gasteiger partial charge in [0.2, 0.25) is 0 Å². The maximum Gasteiger partial charge on any atom is 0.269 e. The molecule has 1 amide bonds. The maximum atomic E-state index is 12.5. The summed E-state index contributed by atoms with van der Waals surface area (Å²) in [4.78, 5) is 22.7. The molecule has 2 aliphatic carbocycles. The molecule has 2 aliphatic rings. The Morgan fingerprint density at radius 3 is 2.41 bits per heavy atom. The number of non-ortho nitro benzene ring substituents is 1. The summed E-state index contributed by atoms with van der Waals surface area (Å²) in [5, 5.41) is 13.9. The molecule has 118 valence electrons. The van der Waals surface area contributed by atoms with E-state index in [0.717, 1.165) is 6.42 Å². The Bertz CT molecular complexity index is 619. The van der Waals surface area contributed by atoms with Crippen LogP contribution in [0.1, 0.15) is 50.4 Å². The Morgan fingerprint density at radius 2 is 1.91 bits per heavy atom. The van der Waals surface area contributed by atoms with Crippen molar-refractivity contribution < 1.29 is 9.72 Å². The van der Waals surface area contributed by atoms with Crippen molar-refractivity contribution in [3.05, 3.63) is 39.9 Å². The van der Waals surface area contributed by atoms with Gasteiger partial charge in [0.1, 0.15) is 0 Å². The van der Waals surface area contributed by atoms with E-state index < -0.39 is 4.92 Å². The molecule has 1 aromatic rings. The molecule has 1 N–H and O–H groups in total. The number of nitrogens with one attached hydrogen (secondary N) is 1. The van der Waals surface area contributed by atoms with Gasteiger partial charge in [0.25, 0.3) is 11.6 Å². The molecule has 3 atom stereocenters. The molecule has 0 heterocycles. The third kappa shape index (κ3) is 2.19. The minimum absolute atomic E-state index is 0.00349. The monoisotopic (exact) mass is 302 g/mol. The highest BCUT2D eigenvalue weighted by atomic mass is 16.6. The molecule has 2 fully saturated rings. The average molecular weight is 302 g/mol. The molecule has 3 unspecified atom stereocenters. The van der Waals surface area contributed by atoms with E-state index in [-0.39, 0.29) is 28.5 Å². The van der Waals surface area contributed by atoms with Crippen LogP contribution in [-0.2, 0) is 0 Å². The first kappa shape index (κ1) is 15.0. The van der Waals surface area contributed by atoms with Crippen molar-refractivity contribution in [1.29, 1.82) is 0 Å². The summed E-state index contributed by atoms with van der Waals surface area (Å²) in [7, 11) is 0. The van der Waals surface area contributed by atoms with Crippen LogP contribution >= 0.6 is 0 Å². The Balaban J connectivity index is 1.78. The lowest BCUT2D eigenvalue weighted by Crippen LogP contribution is -2.52. The lowest BCUT2D eigenvalue weighted by atomic mass is 9.68. The Labute approximate surface area is 130 Å². The van der Waals surface area contributed by atoms with Crippen LogP contribution in [-0.4, -0.2) is 16.9 Å². The second kappa shape index (κ2) is 4.80.